The zero-order chi connectivity index (χ0) is 13.7. The molecule has 1 rings (SSSR count). The number of hydrogen-bond acceptors (Lipinski definition) is 3. The van der Waals surface area contributed by atoms with Gasteiger partial charge in [0.05, 0.1) is 11.8 Å². The fourth-order valence-corrected chi connectivity index (χ4v) is 2.52. The summed E-state index contributed by atoms with van der Waals surface area (Å²) in [6.45, 7) is 7.57. The van der Waals surface area contributed by atoms with Crippen LogP contribution in [0.4, 0.5) is 5.69 Å². The van der Waals surface area contributed by atoms with Crippen LogP contribution in [-0.4, -0.2) is 30.8 Å². The molecule has 0 bridgehead atoms. The van der Waals surface area contributed by atoms with Crippen LogP contribution in [0.5, 0.6) is 0 Å². The highest BCUT2D eigenvalue weighted by Gasteiger charge is 2.08. The van der Waals surface area contributed by atoms with Crippen molar-refractivity contribution in [2.75, 3.05) is 18.5 Å². The lowest BCUT2D eigenvalue weighted by Crippen LogP contribution is -2.27. The van der Waals surface area contributed by atoms with Crippen LogP contribution in [0.1, 0.15) is 26.3 Å². The zero-order valence-corrected chi connectivity index (χ0v) is 13.2. The van der Waals surface area contributed by atoms with Gasteiger partial charge in [-0.1, -0.05) is 19.9 Å². The van der Waals surface area contributed by atoms with Gasteiger partial charge in [-0.05, 0) is 40.5 Å². The van der Waals surface area contributed by atoms with E-state index in [4.69, 9.17) is 0 Å². The molecule has 0 fully saturated rings. The quantitative estimate of drug-likeness (QED) is 0.847. The average molecular weight is 315 g/mol. The number of aliphatic hydroxyl groups is 1. The van der Waals surface area contributed by atoms with Gasteiger partial charge in [0.25, 0.3) is 0 Å². The highest BCUT2D eigenvalue weighted by molar-refractivity contribution is 9.10. The van der Waals surface area contributed by atoms with Crippen molar-refractivity contribution in [3.8, 4) is 0 Å². The van der Waals surface area contributed by atoms with Crippen LogP contribution >= 0.6 is 15.9 Å². The summed E-state index contributed by atoms with van der Waals surface area (Å²) in [6, 6.07) is 6.82. The molecule has 0 aliphatic carbocycles. The third-order valence-electron chi connectivity index (χ3n) is 2.68. The fourth-order valence-electron chi connectivity index (χ4n) is 1.79. The van der Waals surface area contributed by atoms with Crippen LogP contribution < -0.4 is 10.2 Å². The minimum atomic E-state index is -0.329. The lowest BCUT2D eigenvalue weighted by atomic mass is 10.2. The van der Waals surface area contributed by atoms with Gasteiger partial charge in [-0.25, -0.2) is 0 Å². The number of hydrogen-bond donors (Lipinski definition) is 2. The van der Waals surface area contributed by atoms with E-state index in [1.54, 1.807) is 6.92 Å². The summed E-state index contributed by atoms with van der Waals surface area (Å²) in [5.74, 6) is 0. The molecule has 1 aromatic carbocycles. The predicted molar refractivity (Wildman–Crippen MR) is 81.1 cm³/mol. The molecule has 1 unspecified atom stereocenters. The summed E-state index contributed by atoms with van der Waals surface area (Å²) < 4.78 is 1.06. The van der Waals surface area contributed by atoms with E-state index < -0.39 is 0 Å². The Hall–Kier alpha value is -0.580. The summed E-state index contributed by atoms with van der Waals surface area (Å²) in [6.07, 6.45) is -0.329. The van der Waals surface area contributed by atoms with Crippen molar-refractivity contribution in [1.82, 2.24) is 5.32 Å². The van der Waals surface area contributed by atoms with Gasteiger partial charge in [0.2, 0.25) is 0 Å². The van der Waals surface area contributed by atoms with Gasteiger partial charge < -0.3 is 15.3 Å². The number of aliphatic hydroxyl groups excluding tert-OH is 1. The van der Waals surface area contributed by atoms with Crippen LogP contribution in [0.3, 0.4) is 0 Å². The van der Waals surface area contributed by atoms with Crippen LogP contribution in [0.25, 0.3) is 0 Å². The first-order chi connectivity index (χ1) is 8.40. The third-order valence-corrected chi connectivity index (χ3v) is 3.31. The second-order valence-electron chi connectivity index (χ2n) is 5.05. The molecule has 0 spiro atoms. The van der Waals surface area contributed by atoms with E-state index in [1.807, 2.05) is 7.05 Å². The molecule has 0 aliphatic rings. The van der Waals surface area contributed by atoms with E-state index in [2.05, 4.69) is 58.2 Å². The van der Waals surface area contributed by atoms with Crippen molar-refractivity contribution >= 4 is 21.6 Å². The number of benzene rings is 1. The molecular weight excluding hydrogens is 292 g/mol. The van der Waals surface area contributed by atoms with E-state index in [0.29, 0.717) is 12.6 Å². The van der Waals surface area contributed by atoms with Gasteiger partial charge in [0.1, 0.15) is 0 Å². The van der Waals surface area contributed by atoms with Crippen molar-refractivity contribution in [2.24, 2.45) is 0 Å². The largest absolute Gasteiger partial charge is 0.392 e. The Morgan fingerprint density at radius 1 is 1.33 bits per heavy atom. The molecule has 4 heteroatoms. The highest BCUT2D eigenvalue weighted by Crippen LogP contribution is 2.26. The standard InChI is InChI=1S/C14H23BrN2O/c1-10(2)16-8-12-5-6-14(13(15)7-12)17(4)9-11(3)18/h5-7,10-11,16,18H,8-9H2,1-4H3. The molecular formula is C14H23BrN2O. The van der Waals surface area contributed by atoms with E-state index in [-0.39, 0.29) is 6.10 Å². The highest BCUT2D eigenvalue weighted by atomic mass is 79.9. The van der Waals surface area contributed by atoms with Crippen molar-refractivity contribution in [3.63, 3.8) is 0 Å². The number of anilines is 1. The molecule has 102 valence electrons. The molecule has 0 aromatic heterocycles. The van der Waals surface area contributed by atoms with Gasteiger partial charge in [-0.3, -0.25) is 0 Å². The molecule has 0 saturated heterocycles. The van der Waals surface area contributed by atoms with Crippen LogP contribution in [0.15, 0.2) is 22.7 Å². The molecule has 18 heavy (non-hydrogen) atoms. The Kier molecular flexibility index (Phi) is 6.12. The molecule has 2 N–H and O–H groups in total. The van der Waals surface area contributed by atoms with Crippen molar-refractivity contribution in [1.29, 1.82) is 0 Å². The van der Waals surface area contributed by atoms with Crippen LogP contribution in [0, 0.1) is 0 Å². The Morgan fingerprint density at radius 2 is 2.00 bits per heavy atom. The summed E-state index contributed by atoms with van der Waals surface area (Å²) >= 11 is 3.59. The maximum absolute atomic E-state index is 9.41. The lowest BCUT2D eigenvalue weighted by Gasteiger charge is -2.22. The smallest absolute Gasteiger partial charge is 0.0686 e. The summed E-state index contributed by atoms with van der Waals surface area (Å²) in [5.41, 5.74) is 2.36. The van der Waals surface area contributed by atoms with Crippen molar-refractivity contribution < 1.29 is 5.11 Å². The first kappa shape index (κ1) is 15.5. The molecule has 0 amide bonds. The zero-order valence-electron chi connectivity index (χ0n) is 11.6. The van der Waals surface area contributed by atoms with E-state index in [0.717, 1.165) is 16.7 Å². The monoisotopic (exact) mass is 314 g/mol. The second kappa shape index (κ2) is 7.12. The number of nitrogens with one attached hydrogen (secondary N) is 1. The maximum atomic E-state index is 9.41. The average Bonchev–Trinajstić information content (AvgIpc) is 2.25. The topological polar surface area (TPSA) is 35.5 Å². The Labute approximate surface area is 118 Å². The van der Waals surface area contributed by atoms with Gasteiger partial charge in [0, 0.05) is 30.7 Å². The van der Waals surface area contributed by atoms with Crippen LogP contribution in [-0.2, 0) is 6.54 Å². The number of halogens is 1. The normalized spacial score (nSPS) is 12.8. The van der Waals surface area contributed by atoms with E-state index in [1.165, 1.54) is 5.56 Å². The number of nitrogens with zero attached hydrogens (tertiary/aromatic N) is 1. The first-order valence-electron chi connectivity index (χ1n) is 6.31. The molecule has 0 radical (unpaired) electrons. The van der Waals surface area contributed by atoms with E-state index >= 15 is 0 Å². The summed E-state index contributed by atoms with van der Waals surface area (Å²) in [7, 11) is 1.98. The Balaban J connectivity index is 2.73. The molecule has 3 nitrogen and oxygen atoms in total. The molecule has 1 aromatic rings. The predicted octanol–water partition coefficient (Wildman–Crippen LogP) is 2.76. The number of rotatable bonds is 6. The molecule has 0 heterocycles. The SMILES string of the molecule is CC(O)CN(C)c1ccc(CNC(C)C)cc1Br. The lowest BCUT2D eigenvalue weighted by molar-refractivity contribution is 0.201. The first-order valence-corrected chi connectivity index (χ1v) is 7.10. The van der Waals surface area contributed by atoms with Crippen molar-refractivity contribution in [2.45, 2.75) is 39.5 Å². The van der Waals surface area contributed by atoms with Crippen LogP contribution in [0.2, 0.25) is 0 Å². The third kappa shape index (κ3) is 4.96. The molecule has 0 saturated carbocycles. The van der Waals surface area contributed by atoms with Crippen molar-refractivity contribution in [3.05, 3.63) is 28.2 Å². The van der Waals surface area contributed by atoms with Gasteiger partial charge >= 0.3 is 0 Å². The number of likely N-dealkylation sites (N-methyl/N-ethyl adjacent to an activating group) is 1. The van der Waals surface area contributed by atoms with Gasteiger partial charge in [0.15, 0.2) is 0 Å². The maximum Gasteiger partial charge on any atom is 0.0686 e. The Bertz CT molecular complexity index is 380. The summed E-state index contributed by atoms with van der Waals surface area (Å²) in [4.78, 5) is 2.05. The van der Waals surface area contributed by atoms with Gasteiger partial charge in [-0.15, -0.1) is 0 Å². The minimum Gasteiger partial charge on any atom is -0.392 e. The fraction of sp³-hybridized carbons (Fsp3) is 0.571. The Morgan fingerprint density at radius 3 is 2.50 bits per heavy atom. The second-order valence-corrected chi connectivity index (χ2v) is 5.91. The van der Waals surface area contributed by atoms with E-state index in [9.17, 15) is 5.11 Å². The summed E-state index contributed by atoms with van der Waals surface area (Å²) in [5, 5.41) is 12.8. The van der Waals surface area contributed by atoms with Gasteiger partial charge in [-0.2, -0.15) is 0 Å². The molecule has 1 atom stereocenters. The minimum absolute atomic E-state index is 0.329. The molecule has 0 aliphatic heterocycles.